The van der Waals surface area contributed by atoms with Crippen molar-refractivity contribution in [2.24, 2.45) is 0 Å². The third-order valence-electron chi connectivity index (χ3n) is 0.881. The number of rotatable bonds is 1. The van der Waals surface area contributed by atoms with E-state index in [0.29, 0.717) is 0 Å². The van der Waals surface area contributed by atoms with Crippen LogP contribution in [0.15, 0.2) is 5.03 Å². The van der Waals surface area contributed by atoms with Crippen molar-refractivity contribution in [3.63, 3.8) is 0 Å². The standard InChI is InChI=1S/C3HCl2N3O3S/c4-1-2(5)6-8-7-3(1)12(9,10)11/h(H,9,10,11). The van der Waals surface area contributed by atoms with E-state index in [0.717, 1.165) is 0 Å². The second-order valence-electron chi connectivity index (χ2n) is 1.67. The molecule has 0 radical (unpaired) electrons. The van der Waals surface area contributed by atoms with E-state index >= 15 is 0 Å². The summed E-state index contributed by atoms with van der Waals surface area (Å²) in [4.78, 5) is 0. The van der Waals surface area contributed by atoms with Crippen molar-refractivity contribution in [3.8, 4) is 0 Å². The predicted octanol–water partition coefficient (Wildman–Crippen LogP) is 0.425. The first-order valence-corrected chi connectivity index (χ1v) is 4.64. The van der Waals surface area contributed by atoms with E-state index in [9.17, 15) is 8.42 Å². The Kier molecular flexibility index (Phi) is 2.47. The third-order valence-corrected chi connectivity index (χ3v) is 2.49. The van der Waals surface area contributed by atoms with Crippen LogP contribution < -0.4 is 0 Å². The smallest absolute Gasteiger partial charge is 0.281 e. The lowest BCUT2D eigenvalue weighted by atomic mass is 10.7. The fourth-order valence-electron chi connectivity index (χ4n) is 0.443. The maximum atomic E-state index is 10.5. The summed E-state index contributed by atoms with van der Waals surface area (Å²) < 4.78 is 29.5. The van der Waals surface area contributed by atoms with Crippen molar-refractivity contribution in [2.75, 3.05) is 0 Å². The summed E-state index contributed by atoms with van der Waals surface area (Å²) in [6.45, 7) is 0. The van der Waals surface area contributed by atoms with Crippen LogP contribution in [-0.2, 0) is 10.1 Å². The summed E-state index contributed by atoms with van der Waals surface area (Å²) in [5, 5.41) is 7.52. The SMILES string of the molecule is O=S(=O)(O)c1nnnc(Cl)c1Cl. The molecule has 0 fully saturated rings. The highest BCUT2D eigenvalue weighted by Gasteiger charge is 2.20. The van der Waals surface area contributed by atoms with E-state index in [1.165, 1.54) is 0 Å². The topological polar surface area (TPSA) is 93.0 Å². The largest absolute Gasteiger partial charge is 0.315 e. The molecule has 0 saturated heterocycles. The van der Waals surface area contributed by atoms with Crippen molar-refractivity contribution < 1.29 is 13.0 Å². The molecule has 9 heteroatoms. The highest BCUT2D eigenvalue weighted by atomic mass is 35.5. The average molecular weight is 230 g/mol. The average Bonchev–Trinajstić information content (AvgIpc) is 1.92. The molecule has 0 aliphatic rings. The van der Waals surface area contributed by atoms with Gasteiger partial charge in [-0.1, -0.05) is 23.2 Å². The molecule has 0 aliphatic carbocycles. The van der Waals surface area contributed by atoms with Crippen LogP contribution in [0.25, 0.3) is 0 Å². The summed E-state index contributed by atoms with van der Waals surface area (Å²) in [5.74, 6) is 0. The van der Waals surface area contributed by atoms with Gasteiger partial charge in [-0.3, -0.25) is 4.55 Å². The van der Waals surface area contributed by atoms with E-state index in [4.69, 9.17) is 27.8 Å². The van der Waals surface area contributed by atoms with Gasteiger partial charge in [0.1, 0.15) is 5.02 Å². The summed E-state index contributed by atoms with van der Waals surface area (Å²) >= 11 is 10.6. The second kappa shape index (κ2) is 3.09. The lowest BCUT2D eigenvalue weighted by Crippen LogP contribution is -2.05. The molecule has 0 aliphatic heterocycles. The molecule has 12 heavy (non-hydrogen) atoms. The molecule has 66 valence electrons. The Bertz CT molecular complexity index is 405. The van der Waals surface area contributed by atoms with Crippen LogP contribution in [-0.4, -0.2) is 28.4 Å². The molecule has 0 atom stereocenters. The van der Waals surface area contributed by atoms with E-state index in [2.05, 4.69) is 15.4 Å². The monoisotopic (exact) mass is 229 g/mol. The van der Waals surface area contributed by atoms with E-state index in [-0.39, 0.29) is 5.15 Å². The predicted molar refractivity (Wildman–Crippen MR) is 39.7 cm³/mol. The van der Waals surface area contributed by atoms with Gasteiger partial charge in [-0.2, -0.15) is 8.42 Å². The molecule has 1 aromatic heterocycles. The van der Waals surface area contributed by atoms with E-state index < -0.39 is 20.2 Å². The lowest BCUT2D eigenvalue weighted by molar-refractivity contribution is 0.476. The van der Waals surface area contributed by atoms with Crippen LogP contribution in [0.2, 0.25) is 10.2 Å². The van der Waals surface area contributed by atoms with Gasteiger partial charge in [-0.25, -0.2) is 0 Å². The van der Waals surface area contributed by atoms with Crippen molar-refractivity contribution >= 4 is 33.3 Å². The molecule has 1 heterocycles. The number of hydrogen-bond acceptors (Lipinski definition) is 5. The highest BCUT2D eigenvalue weighted by Crippen LogP contribution is 2.23. The summed E-state index contributed by atoms with van der Waals surface area (Å²) in [6, 6.07) is 0. The molecular weight excluding hydrogens is 229 g/mol. The molecule has 1 aromatic rings. The van der Waals surface area contributed by atoms with Gasteiger partial charge < -0.3 is 0 Å². The zero-order valence-corrected chi connectivity index (χ0v) is 7.60. The van der Waals surface area contributed by atoms with Gasteiger partial charge in [-0.05, 0) is 5.21 Å². The molecule has 0 spiro atoms. The zero-order valence-electron chi connectivity index (χ0n) is 5.27. The summed E-state index contributed by atoms with van der Waals surface area (Å²) in [7, 11) is -4.49. The summed E-state index contributed by atoms with van der Waals surface area (Å²) in [6.07, 6.45) is 0. The molecule has 0 saturated carbocycles. The molecule has 1 rings (SSSR count). The van der Waals surface area contributed by atoms with Gasteiger partial charge in [0.05, 0.1) is 0 Å². The van der Waals surface area contributed by atoms with Gasteiger partial charge >= 0.3 is 10.1 Å². The van der Waals surface area contributed by atoms with E-state index in [1.807, 2.05) is 0 Å². The molecule has 0 aromatic carbocycles. The fourth-order valence-corrected chi connectivity index (χ4v) is 1.45. The summed E-state index contributed by atoms with van der Waals surface area (Å²) in [5.41, 5.74) is 0. The van der Waals surface area contributed by atoms with Gasteiger partial charge in [0, 0.05) is 0 Å². The van der Waals surface area contributed by atoms with Gasteiger partial charge in [0.25, 0.3) is 0 Å². The first-order chi connectivity index (χ1) is 5.43. The zero-order chi connectivity index (χ0) is 9.35. The van der Waals surface area contributed by atoms with Crippen molar-refractivity contribution in [3.05, 3.63) is 10.2 Å². The Morgan fingerprint density at radius 2 is 1.83 bits per heavy atom. The molecular formula is C3HCl2N3O3S. The molecule has 0 unspecified atom stereocenters. The van der Waals surface area contributed by atoms with Gasteiger partial charge in [0.2, 0.25) is 5.03 Å². The normalized spacial score (nSPS) is 11.6. The van der Waals surface area contributed by atoms with Crippen LogP contribution in [0.3, 0.4) is 0 Å². The molecule has 0 amide bonds. The first-order valence-electron chi connectivity index (χ1n) is 2.45. The number of hydrogen-bond donors (Lipinski definition) is 1. The minimum absolute atomic E-state index is 0.334. The van der Waals surface area contributed by atoms with Crippen LogP contribution in [0, 0.1) is 0 Å². The minimum atomic E-state index is -4.49. The van der Waals surface area contributed by atoms with Gasteiger partial charge in [0.15, 0.2) is 5.15 Å². The molecule has 0 bridgehead atoms. The van der Waals surface area contributed by atoms with Crippen molar-refractivity contribution in [1.82, 2.24) is 15.4 Å². The Morgan fingerprint density at radius 1 is 1.25 bits per heavy atom. The van der Waals surface area contributed by atoms with E-state index in [1.54, 1.807) is 0 Å². The number of nitrogens with zero attached hydrogens (tertiary/aromatic N) is 3. The Labute approximate surface area is 77.3 Å². The van der Waals surface area contributed by atoms with Crippen LogP contribution in [0.5, 0.6) is 0 Å². The van der Waals surface area contributed by atoms with Crippen molar-refractivity contribution in [2.45, 2.75) is 5.03 Å². The van der Waals surface area contributed by atoms with Crippen LogP contribution >= 0.6 is 23.2 Å². The maximum absolute atomic E-state index is 10.5. The third kappa shape index (κ3) is 1.81. The minimum Gasteiger partial charge on any atom is -0.281 e. The fraction of sp³-hybridized carbons (Fsp3) is 0. The molecule has 1 N–H and O–H groups in total. The number of aromatic nitrogens is 3. The van der Waals surface area contributed by atoms with Crippen LogP contribution in [0.4, 0.5) is 0 Å². The molecule has 6 nitrogen and oxygen atoms in total. The quantitative estimate of drug-likeness (QED) is 0.703. The highest BCUT2D eigenvalue weighted by molar-refractivity contribution is 7.85. The Morgan fingerprint density at radius 3 is 2.25 bits per heavy atom. The second-order valence-corrected chi connectivity index (χ2v) is 3.75. The lowest BCUT2D eigenvalue weighted by Gasteiger charge is -1.96. The Balaban J connectivity index is 3.47. The first kappa shape index (κ1) is 9.59. The van der Waals surface area contributed by atoms with Crippen LogP contribution in [0.1, 0.15) is 0 Å². The maximum Gasteiger partial charge on any atom is 0.315 e. The van der Waals surface area contributed by atoms with Gasteiger partial charge in [-0.15, -0.1) is 10.2 Å². The Hall–Kier alpha value is -0.500. The number of halogens is 2. The van der Waals surface area contributed by atoms with Crippen molar-refractivity contribution in [1.29, 1.82) is 0 Å².